The molecule has 2 N–H and O–H groups in total. The Labute approximate surface area is 194 Å². The molecule has 0 atom stereocenters. The minimum absolute atomic E-state index is 0.0294. The molecule has 3 amide bonds. The van der Waals surface area contributed by atoms with E-state index in [9.17, 15) is 18.8 Å². The number of carbonyl (C=O) groups is 3. The number of methoxy groups -OCH3 is 1. The van der Waals surface area contributed by atoms with Crippen LogP contribution in [0.15, 0.2) is 78.4 Å². The monoisotopic (exact) mass is 461 g/mol. The average Bonchev–Trinajstić information content (AvgIpc) is 3.13. The predicted octanol–water partition coefficient (Wildman–Crippen LogP) is 3.31. The lowest BCUT2D eigenvalue weighted by atomic mass is 10.1. The van der Waals surface area contributed by atoms with E-state index in [-0.39, 0.29) is 12.2 Å². The molecule has 0 aromatic heterocycles. The van der Waals surface area contributed by atoms with Crippen molar-refractivity contribution in [2.75, 3.05) is 24.0 Å². The molecule has 1 fully saturated rings. The quantitative estimate of drug-likeness (QED) is 0.416. The summed E-state index contributed by atoms with van der Waals surface area (Å²) < 4.78 is 23.9. The maximum absolute atomic E-state index is 13.0. The summed E-state index contributed by atoms with van der Waals surface area (Å²) in [5.74, 6) is -1.23. The number of nitrogens with one attached hydrogen (secondary N) is 2. The fourth-order valence-electron chi connectivity index (χ4n) is 3.25. The van der Waals surface area contributed by atoms with E-state index in [0.29, 0.717) is 28.4 Å². The lowest BCUT2D eigenvalue weighted by Gasteiger charge is -2.14. The third-order valence-electron chi connectivity index (χ3n) is 4.89. The highest BCUT2D eigenvalue weighted by atomic mass is 19.1. The number of nitrogens with zero attached hydrogens (tertiary/aromatic N) is 1. The van der Waals surface area contributed by atoms with Crippen LogP contribution in [0.5, 0.6) is 11.5 Å². The van der Waals surface area contributed by atoms with Crippen LogP contribution in [0.25, 0.3) is 6.08 Å². The van der Waals surface area contributed by atoms with Crippen LogP contribution in [0.2, 0.25) is 0 Å². The number of benzene rings is 3. The summed E-state index contributed by atoms with van der Waals surface area (Å²) in [7, 11) is 1.43. The molecular formula is C25H20FN3O5. The standard InChI is InChI=1S/C25H20FN3O5/c1-33-22-14-16(13-20-24(31)28-29(25(20)32)19-5-3-2-4-6-19)7-12-21(22)34-15-23(30)27-18-10-8-17(26)9-11-18/h2-14H,15H2,1H3,(H,27,30)(H,28,31). The van der Waals surface area contributed by atoms with Gasteiger partial charge in [0, 0.05) is 5.69 Å². The number of ether oxygens (including phenoxy) is 2. The minimum Gasteiger partial charge on any atom is -0.493 e. The third-order valence-corrected chi connectivity index (χ3v) is 4.89. The molecule has 1 heterocycles. The second kappa shape index (κ2) is 9.86. The number of para-hydroxylation sites is 1. The molecular weight excluding hydrogens is 441 g/mol. The Hall–Kier alpha value is -4.66. The molecule has 4 rings (SSSR count). The molecule has 0 spiro atoms. The maximum atomic E-state index is 13.0. The van der Waals surface area contributed by atoms with Gasteiger partial charge in [0.15, 0.2) is 18.1 Å². The van der Waals surface area contributed by atoms with Crippen LogP contribution in [0.4, 0.5) is 15.8 Å². The smallest absolute Gasteiger partial charge is 0.282 e. The number of anilines is 2. The topological polar surface area (TPSA) is 97.0 Å². The van der Waals surface area contributed by atoms with Crippen molar-refractivity contribution in [2.45, 2.75) is 0 Å². The second-order valence-corrected chi connectivity index (χ2v) is 7.23. The van der Waals surface area contributed by atoms with Crippen LogP contribution in [-0.2, 0) is 14.4 Å². The first-order valence-corrected chi connectivity index (χ1v) is 10.2. The van der Waals surface area contributed by atoms with Crippen molar-refractivity contribution in [3.63, 3.8) is 0 Å². The highest BCUT2D eigenvalue weighted by molar-refractivity contribution is 6.31. The van der Waals surface area contributed by atoms with E-state index in [0.717, 1.165) is 0 Å². The molecule has 9 heteroatoms. The van der Waals surface area contributed by atoms with Gasteiger partial charge in [0.05, 0.1) is 12.8 Å². The van der Waals surface area contributed by atoms with E-state index in [4.69, 9.17) is 9.47 Å². The van der Waals surface area contributed by atoms with Crippen molar-refractivity contribution in [1.82, 2.24) is 5.43 Å². The van der Waals surface area contributed by atoms with Gasteiger partial charge < -0.3 is 14.8 Å². The van der Waals surface area contributed by atoms with Crippen molar-refractivity contribution < 1.29 is 28.2 Å². The SMILES string of the molecule is COc1cc(C=C2C(=O)NN(c3ccccc3)C2=O)ccc1OCC(=O)Nc1ccc(F)cc1. The molecule has 1 saturated heterocycles. The van der Waals surface area contributed by atoms with Gasteiger partial charge in [-0.15, -0.1) is 0 Å². The van der Waals surface area contributed by atoms with E-state index in [1.54, 1.807) is 42.5 Å². The lowest BCUT2D eigenvalue weighted by molar-refractivity contribution is -0.118. The van der Waals surface area contributed by atoms with Gasteiger partial charge in [-0.25, -0.2) is 9.40 Å². The molecule has 0 bridgehead atoms. The van der Waals surface area contributed by atoms with Gasteiger partial charge in [0.1, 0.15) is 11.4 Å². The van der Waals surface area contributed by atoms with Crippen LogP contribution in [0, 0.1) is 5.82 Å². The molecule has 1 aliphatic heterocycles. The Kier molecular flexibility index (Phi) is 6.54. The Balaban J connectivity index is 1.45. The van der Waals surface area contributed by atoms with E-state index in [1.807, 2.05) is 6.07 Å². The first-order valence-electron chi connectivity index (χ1n) is 10.2. The fourth-order valence-corrected chi connectivity index (χ4v) is 3.25. The molecule has 0 saturated carbocycles. The summed E-state index contributed by atoms with van der Waals surface area (Å²) in [6.07, 6.45) is 1.45. The number of hydrazine groups is 1. The van der Waals surface area contributed by atoms with Gasteiger partial charge in [0.2, 0.25) is 0 Å². The average molecular weight is 461 g/mol. The summed E-state index contributed by atoms with van der Waals surface area (Å²) in [6.45, 7) is -0.304. The second-order valence-electron chi connectivity index (χ2n) is 7.23. The number of hydrogen-bond donors (Lipinski definition) is 2. The summed E-state index contributed by atoms with van der Waals surface area (Å²) in [6, 6.07) is 18.9. The van der Waals surface area contributed by atoms with Crippen LogP contribution in [-0.4, -0.2) is 31.4 Å². The van der Waals surface area contributed by atoms with Gasteiger partial charge in [-0.05, 0) is 60.2 Å². The molecule has 0 aliphatic carbocycles. The Morgan fingerprint density at radius 1 is 1.03 bits per heavy atom. The predicted molar refractivity (Wildman–Crippen MR) is 124 cm³/mol. The number of rotatable bonds is 7. The fraction of sp³-hybridized carbons (Fsp3) is 0.0800. The van der Waals surface area contributed by atoms with Gasteiger partial charge in [0.25, 0.3) is 17.7 Å². The first-order chi connectivity index (χ1) is 16.4. The molecule has 0 unspecified atom stereocenters. The molecule has 1 aliphatic rings. The van der Waals surface area contributed by atoms with Crippen LogP contribution in [0.1, 0.15) is 5.56 Å². The van der Waals surface area contributed by atoms with Gasteiger partial charge in [-0.1, -0.05) is 24.3 Å². The minimum atomic E-state index is -0.523. The molecule has 172 valence electrons. The summed E-state index contributed by atoms with van der Waals surface area (Å²) in [5.41, 5.74) is 4.03. The zero-order valence-corrected chi connectivity index (χ0v) is 18.1. The van der Waals surface area contributed by atoms with Crippen molar-refractivity contribution >= 4 is 35.2 Å². The Morgan fingerprint density at radius 2 is 1.76 bits per heavy atom. The normalized spacial score (nSPS) is 14.2. The van der Waals surface area contributed by atoms with Gasteiger partial charge in [-0.2, -0.15) is 0 Å². The molecule has 3 aromatic rings. The van der Waals surface area contributed by atoms with E-state index in [1.165, 1.54) is 42.5 Å². The van der Waals surface area contributed by atoms with E-state index in [2.05, 4.69) is 10.7 Å². The zero-order valence-electron chi connectivity index (χ0n) is 18.1. The van der Waals surface area contributed by atoms with Crippen molar-refractivity contribution in [2.24, 2.45) is 0 Å². The molecule has 0 radical (unpaired) electrons. The Morgan fingerprint density at radius 3 is 2.47 bits per heavy atom. The number of carbonyl (C=O) groups excluding carboxylic acids is 3. The molecule has 34 heavy (non-hydrogen) atoms. The van der Waals surface area contributed by atoms with Gasteiger partial charge in [-0.3, -0.25) is 19.8 Å². The summed E-state index contributed by atoms with van der Waals surface area (Å²) in [4.78, 5) is 37.2. The number of amides is 3. The lowest BCUT2D eigenvalue weighted by Crippen LogP contribution is -2.35. The first kappa shape index (κ1) is 22.5. The summed E-state index contributed by atoms with van der Waals surface area (Å²) >= 11 is 0. The summed E-state index contributed by atoms with van der Waals surface area (Å²) in [5, 5.41) is 3.78. The number of hydrogen-bond acceptors (Lipinski definition) is 5. The van der Waals surface area contributed by atoms with Crippen LogP contribution >= 0.6 is 0 Å². The van der Waals surface area contributed by atoms with Crippen molar-refractivity contribution in [3.8, 4) is 11.5 Å². The van der Waals surface area contributed by atoms with Crippen molar-refractivity contribution in [1.29, 1.82) is 0 Å². The third kappa shape index (κ3) is 5.04. The Bertz CT molecular complexity index is 1260. The van der Waals surface area contributed by atoms with Gasteiger partial charge >= 0.3 is 0 Å². The highest BCUT2D eigenvalue weighted by Gasteiger charge is 2.34. The van der Waals surface area contributed by atoms with E-state index >= 15 is 0 Å². The molecule has 3 aromatic carbocycles. The molecule has 8 nitrogen and oxygen atoms in total. The number of halogens is 1. The van der Waals surface area contributed by atoms with Crippen LogP contribution < -0.4 is 25.2 Å². The van der Waals surface area contributed by atoms with E-state index < -0.39 is 23.5 Å². The maximum Gasteiger partial charge on any atom is 0.282 e. The highest BCUT2D eigenvalue weighted by Crippen LogP contribution is 2.30. The largest absolute Gasteiger partial charge is 0.493 e. The zero-order chi connectivity index (χ0) is 24.1. The van der Waals surface area contributed by atoms with Crippen molar-refractivity contribution in [3.05, 3.63) is 89.8 Å². The van der Waals surface area contributed by atoms with Crippen LogP contribution in [0.3, 0.4) is 0 Å².